The molecule has 2 aliphatic rings. The van der Waals surface area contributed by atoms with E-state index < -0.39 is 6.04 Å². The van der Waals surface area contributed by atoms with Gasteiger partial charge < -0.3 is 18.9 Å². The summed E-state index contributed by atoms with van der Waals surface area (Å²) in [6, 6.07) is 4.64. The zero-order valence-electron chi connectivity index (χ0n) is 14.6. The summed E-state index contributed by atoms with van der Waals surface area (Å²) in [7, 11) is 3.82. The highest BCUT2D eigenvalue weighted by Crippen LogP contribution is 2.33. The van der Waals surface area contributed by atoms with Gasteiger partial charge in [0.2, 0.25) is 6.79 Å². The van der Waals surface area contributed by atoms with Crippen LogP contribution in [0, 0.1) is 0 Å². The Balaban J connectivity index is 1.67. The standard InChI is InChI=1S/C18H25N2O4/c1-13(19(2)17(21)11-20(3)8-4-5-9-20)18(22)14-6-7-15-16(10-14)24-12-23-15/h6-7,10,13H,4-5,8-9,11-12H2,1-3H3/q+1. The van der Waals surface area contributed by atoms with E-state index in [2.05, 4.69) is 7.05 Å². The van der Waals surface area contributed by atoms with Gasteiger partial charge in [-0.25, -0.2) is 0 Å². The maximum absolute atomic E-state index is 12.7. The molecule has 1 saturated heterocycles. The molecule has 0 saturated carbocycles. The predicted octanol–water partition coefficient (Wildman–Crippen LogP) is 1.69. The summed E-state index contributed by atoms with van der Waals surface area (Å²) in [5.74, 6) is 1.15. The lowest BCUT2D eigenvalue weighted by atomic mass is 10.0. The lowest BCUT2D eigenvalue weighted by Crippen LogP contribution is -2.51. The molecule has 0 aromatic heterocycles. The van der Waals surface area contributed by atoms with Crippen molar-refractivity contribution >= 4 is 11.7 Å². The number of rotatable bonds is 5. The largest absolute Gasteiger partial charge is 0.454 e. The second kappa shape index (κ2) is 6.43. The highest BCUT2D eigenvalue weighted by molar-refractivity contribution is 6.02. The molecule has 1 fully saturated rings. The van der Waals surface area contributed by atoms with Crippen LogP contribution < -0.4 is 9.47 Å². The van der Waals surface area contributed by atoms with Crippen molar-refractivity contribution < 1.29 is 23.5 Å². The quantitative estimate of drug-likeness (QED) is 0.608. The zero-order valence-corrected chi connectivity index (χ0v) is 14.6. The number of carbonyl (C=O) groups is 2. The molecule has 3 rings (SSSR count). The summed E-state index contributed by atoms with van der Waals surface area (Å²) in [4.78, 5) is 26.9. The molecule has 2 aliphatic heterocycles. The summed E-state index contributed by atoms with van der Waals surface area (Å²) in [5.41, 5.74) is 0.535. The van der Waals surface area contributed by atoms with Crippen molar-refractivity contribution in [2.75, 3.05) is 40.5 Å². The van der Waals surface area contributed by atoms with Crippen molar-refractivity contribution in [3.05, 3.63) is 23.8 Å². The number of quaternary nitrogens is 1. The number of fused-ring (bicyclic) bond motifs is 1. The van der Waals surface area contributed by atoms with Crippen molar-refractivity contribution in [3.8, 4) is 11.5 Å². The molecule has 0 spiro atoms. The van der Waals surface area contributed by atoms with Gasteiger partial charge in [0.05, 0.1) is 26.2 Å². The van der Waals surface area contributed by atoms with E-state index in [-0.39, 0.29) is 18.5 Å². The van der Waals surface area contributed by atoms with Crippen molar-refractivity contribution in [2.24, 2.45) is 0 Å². The van der Waals surface area contributed by atoms with Crippen LogP contribution in [-0.2, 0) is 4.79 Å². The van der Waals surface area contributed by atoms with Crippen molar-refractivity contribution in [1.29, 1.82) is 0 Å². The van der Waals surface area contributed by atoms with Gasteiger partial charge in [-0.15, -0.1) is 0 Å². The highest BCUT2D eigenvalue weighted by atomic mass is 16.7. The fraction of sp³-hybridized carbons (Fsp3) is 0.556. The molecule has 6 nitrogen and oxygen atoms in total. The molecule has 24 heavy (non-hydrogen) atoms. The van der Waals surface area contributed by atoms with E-state index in [9.17, 15) is 9.59 Å². The van der Waals surface area contributed by atoms with Gasteiger partial charge in [0.15, 0.2) is 23.8 Å². The van der Waals surface area contributed by atoms with Crippen LogP contribution in [0.25, 0.3) is 0 Å². The third-order valence-corrected chi connectivity index (χ3v) is 5.17. The molecule has 0 aliphatic carbocycles. The second-order valence-electron chi connectivity index (χ2n) is 7.04. The van der Waals surface area contributed by atoms with Crippen LogP contribution in [0.1, 0.15) is 30.1 Å². The number of carbonyl (C=O) groups excluding carboxylic acids is 2. The summed E-state index contributed by atoms with van der Waals surface area (Å²) >= 11 is 0. The number of amides is 1. The number of likely N-dealkylation sites (N-methyl/N-ethyl adjacent to an activating group) is 2. The Morgan fingerprint density at radius 2 is 1.88 bits per heavy atom. The number of nitrogens with zero attached hydrogens (tertiary/aromatic N) is 2. The molecule has 0 N–H and O–H groups in total. The van der Waals surface area contributed by atoms with Gasteiger partial charge in [-0.2, -0.15) is 0 Å². The van der Waals surface area contributed by atoms with Crippen LogP contribution in [0.4, 0.5) is 0 Å². The minimum atomic E-state index is -0.507. The van der Waals surface area contributed by atoms with Crippen molar-refractivity contribution in [3.63, 3.8) is 0 Å². The van der Waals surface area contributed by atoms with Crippen LogP contribution in [0.2, 0.25) is 0 Å². The molecule has 6 heteroatoms. The highest BCUT2D eigenvalue weighted by Gasteiger charge is 2.33. The fourth-order valence-electron chi connectivity index (χ4n) is 3.38. The Kier molecular flexibility index (Phi) is 4.49. The minimum Gasteiger partial charge on any atom is -0.454 e. The Hall–Kier alpha value is -2.08. The molecule has 0 radical (unpaired) electrons. The summed E-state index contributed by atoms with van der Waals surface area (Å²) < 4.78 is 11.4. The Bertz CT molecular complexity index is 652. The van der Waals surface area contributed by atoms with Crippen LogP contribution in [-0.4, -0.2) is 67.6 Å². The first-order chi connectivity index (χ1) is 11.4. The zero-order chi connectivity index (χ0) is 17.3. The molecule has 130 valence electrons. The Morgan fingerprint density at radius 3 is 2.58 bits per heavy atom. The topological polar surface area (TPSA) is 55.8 Å². The van der Waals surface area contributed by atoms with Gasteiger partial charge in [0.25, 0.3) is 5.91 Å². The Labute approximate surface area is 142 Å². The molecule has 1 aromatic rings. The molecular formula is C18H25N2O4+. The summed E-state index contributed by atoms with van der Waals surface area (Å²) in [5, 5.41) is 0. The second-order valence-corrected chi connectivity index (χ2v) is 7.04. The molecule has 1 amide bonds. The monoisotopic (exact) mass is 333 g/mol. The van der Waals surface area contributed by atoms with E-state index in [0.29, 0.717) is 23.6 Å². The number of ether oxygens (including phenoxy) is 2. The van der Waals surface area contributed by atoms with Gasteiger partial charge in [-0.3, -0.25) is 9.59 Å². The molecule has 1 aromatic carbocycles. The minimum absolute atomic E-state index is 0.0148. The SMILES string of the molecule is CC(C(=O)c1ccc2c(c1)OCO2)N(C)C(=O)C[N+]1(C)CCCC1. The molecule has 2 heterocycles. The van der Waals surface area contributed by atoms with Crippen molar-refractivity contribution in [2.45, 2.75) is 25.8 Å². The third-order valence-electron chi connectivity index (χ3n) is 5.17. The predicted molar refractivity (Wildman–Crippen MR) is 89.1 cm³/mol. The van der Waals surface area contributed by atoms with Gasteiger partial charge in [0, 0.05) is 25.5 Å². The van der Waals surface area contributed by atoms with Gasteiger partial charge >= 0.3 is 0 Å². The molecular weight excluding hydrogens is 308 g/mol. The molecule has 1 unspecified atom stereocenters. The van der Waals surface area contributed by atoms with E-state index in [0.717, 1.165) is 17.6 Å². The lowest BCUT2D eigenvalue weighted by Gasteiger charge is -2.32. The lowest BCUT2D eigenvalue weighted by molar-refractivity contribution is -0.890. The number of ketones is 1. The van der Waals surface area contributed by atoms with E-state index in [1.165, 1.54) is 12.8 Å². The first-order valence-electron chi connectivity index (χ1n) is 8.43. The van der Waals surface area contributed by atoms with Crippen LogP contribution in [0.5, 0.6) is 11.5 Å². The third kappa shape index (κ3) is 3.24. The van der Waals surface area contributed by atoms with Crippen LogP contribution in [0.15, 0.2) is 18.2 Å². The van der Waals surface area contributed by atoms with Gasteiger partial charge in [0.1, 0.15) is 0 Å². The van der Waals surface area contributed by atoms with Crippen LogP contribution in [0.3, 0.4) is 0 Å². The number of likely N-dealkylation sites (tertiary alicyclic amines) is 1. The summed E-state index contributed by atoms with van der Waals surface area (Å²) in [6.45, 7) is 4.47. The van der Waals surface area contributed by atoms with E-state index >= 15 is 0 Å². The van der Waals surface area contributed by atoms with E-state index in [1.807, 2.05) is 0 Å². The number of hydrogen-bond donors (Lipinski definition) is 0. The maximum atomic E-state index is 12.7. The Morgan fingerprint density at radius 1 is 1.21 bits per heavy atom. The fourth-order valence-corrected chi connectivity index (χ4v) is 3.38. The normalized spacial score (nSPS) is 19.1. The number of hydrogen-bond acceptors (Lipinski definition) is 4. The van der Waals surface area contributed by atoms with Gasteiger partial charge in [-0.1, -0.05) is 0 Å². The molecule has 0 bridgehead atoms. The average Bonchev–Trinajstić information content (AvgIpc) is 3.20. The first-order valence-corrected chi connectivity index (χ1v) is 8.43. The number of benzene rings is 1. The first kappa shape index (κ1) is 16.8. The van der Waals surface area contributed by atoms with E-state index in [4.69, 9.17) is 9.47 Å². The smallest absolute Gasteiger partial charge is 0.278 e. The maximum Gasteiger partial charge on any atom is 0.278 e. The summed E-state index contributed by atoms with van der Waals surface area (Å²) in [6.07, 6.45) is 2.33. The van der Waals surface area contributed by atoms with Crippen LogP contribution >= 0.6 is 0 Å². The van der Waals surface area contributed by atoms with Gasteiger partial charge in [-0.05, 0) is 25.1 Å². The number of Topliss-reactive ketones (excluding diaryl/α,β-unsaturated/α-hetero) is 1. The van der Waals surface area contributed by atoms with Crippen molar-refractivity contribution in [1.82, 2.24) is 4.90 Å². The molecule has 1 atom stereocenters. The van der Waals surface area contributed by atoms with E-state index in [1.54, 1.807) is 37.1 Å². The average molecular weight is 333 g/mol.